The maximum absolute atomic E-state index is 13.6. The Labute approximate surface area is 108 Å². The van der Waals surface area contributed by atoms with Gasteiger partial charge in [-0.3, -0.25) is 4.98 Å². The summed E-state index contributed by atoms with van der Waals surface area (Å²) in [4.78, 5) is 2.84. The van der Waals surface area contributed by atoms with E-state index >= 15 is 0 Å². The molecule has 0 atom stereocenters. The summed E-state index contributed by atoms with van der Waals surface area (Å²) < 4.78 is 51.2. The second-order valence-electron chi connectivity index (χ2n) is 3.89. The molecule has 2 rings (SSSR count). The molecule has 0 amide bonds. The molecule has 0 fully saturated rings. The molecule has 0 saturated heterocycles. The minimum atomic E-state index is -4.16. The van der Waals surface area contributed by atoms with Crippen molar-refractivity contribution in [3.8, 4) is 0 Å². The van der Waals surface area contributed by atoms with Gasteiger partial charge in [0.2, 0.25) is 0 Å². The molecule has 0 aliphatic carbocycles. The van der Waals surface area contributed by atoms with Crippen LogP contribution in [0.15, 0.2) is 41.4 Å². The first-order valence-corrected chi connectivity index (χ1v) is 6.92. The van der Waals surface area contributed by atoms with Gasteiger partial charge in [0.1, 0.15) is 16.5 Å². The van der Waals surface area contributed by atoms with Gasteiger partial charge in [-0.05, 0) is 24.3 Å². The maximum atomic E-state index is 13.6. The first-order valence-electron chi connectivity index (χ1n) is 5.27. The topological polar surface area (TPSA) is 73.1 Å². The van der Waals surface area contributed by atoms with Crippen molar-refractivity contribution in [2.45, 2.75) is 10.6 Å². The molecule has 0 radical (unpaired) electrons. The van der Waals surface area contributed by atoms with Crippen molar-refractivity contribution >= 4 is 15.5 Å². The molecular formula is C12H10F2N2O2S. The number of pyridine rings is 1. The number of nitrogens with zero attached hydrogens (tertiary/aromatic N) is 1. The SMILES string of the molecule is Nc1cc(F)c(S(=O)(=O)Cc2ccccn2)c(F)c1. The first kappa shape index (κ1) is 13.4. The average molecular weight is 284 g/mol. The number of aromatic nitrogens is 1. The lowest BCUT2D eigenvalue weighted by molar-refractivity contribution is 0.519. The highest BCUT2D eigenvalue weighted by molar-refractivity contribution is 7.90. The molecule has 7 heteroatoms. The fourth-order valence-corrected chi connectivity index (χ4v) is 3.04. The lowest BCUT2D eigenvalue weighted by Gasteiger charge is -2.07. The number of hydrogen-bond acceptors (Lipinski definition) is 4. The summed E-state index contributed by atoms with van der Waals surface area (Å²) in [5, 5.41) is 0. The van der Waals surface area contributed by atoms with E-state index in [0.717, 1.165) is 12.1 Å². The average Bonchev–Trinajstić information content (AvgIpc) is 2.27. The number of halogens is 2. The molecule has 1 aromatic heterocycles. The number of hydrogen-bond donors (Lipinski definition) is 1. The highest BCUT2D eigenvalue weighted by atomic mass is 32.2. The molecule has 0 unspecified atom stereocenters. The number of anilines is 1. The van der Waals surface area contributed by atoms with E-state index in [1.165, 1.54) is 12.3 Å². The van der Waals surface area contributed by atoms with Gasteiger partial charge in [0.15, 0.2) is 9.84 Å². The van der Waals surface area contributed by atoms with E-state index in [4.69, 9.17) is 5.73 Å². The van der Waals surface area contributed by atoms with E-state index in [9.17, 15) is 17.2 Å². The van der Waals surface area contributed by atoms with Crippen molar-refractivity contribution in [1.29, 1.82) is 0 Å². The third kappa shape index (κ3) is 2.87. The summed E-state index contributed by atoms with van der Waals surface area (Å²) in [6.45, 7) is 0. The molecule has 1 aromatic carbocycles. The van der Waals surface area contributed by atoms with Gasteiger partial charge in [-0.25, -0.2) is 17.2 Å². The predicted molar refractivity (Wildman–Crippen MR) is 65.9 cm³/mol. The minimum Gasteiger partial charge on any atom is -0.399 e. The Morgan fingerprint density at radius 3 is 2.32 bits per heavy atom. The fourth-order valence-electron chi connectivity index (χ4n) is 1.63. The zero-order valence-electron chi connectivity index (χ0n) is 9.68. The Bertz CT molecular complexity index is 680. The number of nitrogens with two attached hydrogens (primary N) is 1. The van der Waals surface area contributed by atoms with Crippen LogP contribution in [0.4, 0.5) is 14.5 Å². The second-order valence-corrected chi connectivity index (χ2v) is 5.82. The van der Waals surface area contributed by atoms with Crippen molar-refractivity contribution in [2.24, 2.45) is 0 Å². The van der Waals surface area contributed by atoms with Crippen LogP contribution in [0.1, 0.15) is 5.69 Å². The maximum Gasteiger partial charge on any atom is 0.189 e. The predicted octanol–water partition coefficient (Wildman–Crippen LogP) is 1.92. The van der Waals surface area contributed by atoms with Crippen LogP contribution in [0.25, 0.3) is 0 Å². The largest absolute Gasteiger partial charge is 0.399 e. The van der Waals surface area contributed by atoms with Crippen LogP contribution in [-0.4, -0.2) is 13.4 Å². The van der Waals surface area contributed by atoms with Crippen LogP contribution in [0.3, 0.4) is 0 Å². The molecule has 100 valence electrons. The molecule has 0 saturated carbocycles. The zero-order chi connectivity index (χ0) is 14.0. The highest BCUT2D eigenvalue weighted by Crippen LogP contribution is 2.24. The van der Waals surface area contributed by atoms with E-state index < -0.39 is 32.1 Å². The Morgan fingerprint density at radius 2 is 1.79 bits per heavy atom. The van der Waals surface area contributed by atoms with Crippen molar-refractivity contribution in [1.82, 2.24) is 4.98 Å². The number of sulfone groups is 1. The van der Waals surface area contributed by atoms with Gasteiger partial charge in [0, 0.05) is 11.9 Å². The standard InChI is InChI=1S/C12H10F2N2O2S/c13-10-5-8(15)6-11(14)12(10)19(17,18)7-9-3-1-2-4-16-9/h1-6H,7,15H2. The Balaban J connectivity index is 2.46. The summed E-state index contributed by atoms with van der Waals surface area (Å²) >= 11 is 0. The Morgan fingerprint density at radius 1 is 1.16 bits per heavy atom. The molecule has 0 spiro atoms. The molecule has 4 nitrogen and oxygen atoms in total. The Kier molecular flexibility index (Phi) is 3.48. The van der Waals surface area contributed by atoms with E-state index in [0.29, 0.717) is 0 Å². The quantitative estimate of drug-likeness (QED) is 0.874. The smallest absolute Gasteiger partial charge is 0.189 e. The summed E-state index contributed by atoms with van der Waals surface area (Å²) in [6.07, 6.45) is 1.40. The summed E-state index contributed by atoms with van der Waals surface area (Å²) in [7, 11) is -4.16. The van der Waals surface area contributed by atoms with Crippen molar-refractivity contribution < 1.29 is 17.2 Å². The lowest BCUT2D eigenvalue weighted by atomic mass is 10.3. The minimum absolute atomic E-state index is 0.174. The van der Waals surface area contributed by atoms with Crippen molar-refractivity contribution in [3.63, 3.8) is 0 Å². The van der Waals surface area contributed by atoms with E-state index in [1.54, 1.807) is 12.1 Å². The molecule has 2 N–H and O–H groups in total. The van der Waals surface area contributed by atoms with Gasteiger partial charge in [-0.2, -0.15) is 0 Å². The molecule has 0 bridgehead atoms. The normalized spacial score (nSPS) is 11.5. The third-order valence-corrected chi connectivity index (χ3v) is 4.08. The molecular weight excluding hydrogens is 274 g/mol. The van der Waals surface area contributed by atoms with Crippen molar-refractivity contribution in [3.05, 3.63) is 53.9 Å². The fraction of sp³-hybridized carbons (Fsp3) is 0.0833. The lowest BCUT2D eigenvalue weighted by Crippen LogP contribution is -2.11. The number of rotatable bonds is 3. The van der Waals surface area contributed by atoms with Crippen LogP contribution < -0.4 is 5.73 Å². The highest BCUT2D eigenvalue weighted by Gasteiger charge is 2.25. The zero-order valence-corrected chi connectivity index (χ0v) is 10.5. The monoisotopic (exact) mass is 284 g/mol. The van der Waals surface area contributed by atoms with Gasteiger partial charge in [0.05, 0.1) is 11.4 Å². The summed E-state index contributed by atoms with van der Waals surface area (Å²) in [5.74, 6) is -2.98. The van der Waals surface area contributed by atoms with Gasteiger partial charge in [-0.1, -0.05) is 6.07 Å². The molecule has 19 heavy (non-hydrogen) atoms. The summed E-state index contributed by atoms with van der Waals surface area (Å²) in [5.41, 5.74) is 5.27. The number of benzene rings is 1. The molecule has 1 heterocycles. The first-order chi connectivity index (χ1) is 8.90. The van der Waals surface area contributed by atoms with Crippen LogP contribution >= 0.6 is 0 Å². The van der Waals surface area contributed by atoms with Gasteiger partial charge < -0.3 is 5.73 Å². The van der Waals surface area contributed by atoms with E-state index in [2.05, 4.69) is 4.98 Å². The van der Waals surface area contributed by atoms with Gasteiger partial charge in [-0.15, -0.1) is 0 Å². The van der Waals surface area contributed by atoms with Crippen molar-refractivity contribution in [2.75, 3.05) is 5.73 Å². The molecule has 0 aliphatic heterocycles. The van der Waals surface area contributed by atoms with Crippen LogP contribution in [0.2, 0.25) is 0 Å². The van der Waals surface area contributed by atoms with E-state index in [1.807, 2.05) is 0 Å². The van der Waals surface area contributed by atoms with Crippen LogP contribution in [0, 0.1) is 11.6 Å². The van der Waals surface area contributed by atoms with Gasteiger partial charge in [0.25, 0.3) is 0 Å². The number of nitrogen functional groups attached to an aromatic ring is 1. The molecule has 2 aromatic rings. The van der Waals surface area contributed by atoms with E-state index in [-0.39, 0.29) is 11.4 Å². The van der Waals surface area contributed by atoms with Gasteiger partial charge >= 0.3 is 0 Å². The summed E-state index contributed by atoms with van der Waals surface area (Å²) in [6, 6.07) is 6.21. The Hall–Kier alpha value is -2.02. The third-order valence-electron chi connectivity index (χ3n) is 2.40. The van der Waals surface area contributed by atoms with Crippen LogP contribution in [-0.2, 0) is 15.6 Å². The second kappa shape index (κ2) is 4.93. The van der Waals surface area contributed by atoms with Crippen LogP contribution in [0.5, 0.6) is 0 Å². The molecule has 0 aliphatic rings.